The summed E-state index contributed by atoms with van der Waals surface area (Å²) in [5.74, 6) is 1.58. The number of ether oxygens (including phenoxy) is 2. The van der Waals surface area contributed by atoms with Gasteiger partial charge in [-0.15, -0.1) is 0 Å². The number of carbonyl (C=O) groups excluding carboxylic acids is 1. The van der Waals surface area contributed by atoms with Crippen LogP contribution in [0.3, 0.4) is 0 Å². The number of nitrogens with zero attached hydrogens (tertiary/aromatic N) is 2. The molecular weight excluding hydrogens is 547 g/mol. The van der Waals surface area contributed by atoms with Gasteiger partial charge in [-0.05, 0) is 105 Å². The molecule has 0 unspecified atom stereocenters. The molecule has 0 radical (unpaired) electrons. The number of rotatable bonds is 11. The van der Waals surface area contributed by atoms with Crippen LogP contribution in [0.5, 0.6) is 11.5 Å². The van der Waals surface area contributed by atoms with Crippen LogP contribution in [0.1, 0.15) is 44.2 Å². The smallest absolute Gasteiger partial charge is 0.227 e. The van der Waals surface area contributed by atoms with Gasteiger partial charge in [0.1, 0.15) is 23.2 Å². The first-order valence-electron chi connectivity index (χ1n) is 14.9. The van der Waals surface area contributed by atoms with E-state index in [1.54, 1.807) is 19.2 Å². The molecule has 2 aliphatic heterocycles. The Hall–Kier alpha value is -3.99. The van der Waals surface area contributed by atoms with Crippen LogP contribution in [0.4, 0.5) is 10.1 Å². The van der Waals surface area contributed by atoms with Crippen molar-refractivity contribution < 1.29 is 18.7 Å². The fourth-order valence-corrected chi connectivity index (χ4v) is 6.09. The molecule has 0 bridgehead atoms. The van der Waals surface area contributed by atoms with Gasteiger partial charge in [0.05, 0.1) is 18.8 Å². The first-order valence-corrected chi connectivity index (χ1v) is 14.9. The zero-order valence-corrected chi connectivity index (χ0v) is 25.1. The van der Waals surface area contributed by atoms with Gasteiger partial charge in [-0.1, -0.05) is 12.1 Å². The van der Waals surface area contributed by atoms with Crippen LogP contribution < -0.4 is 30.8 Å². The molecule has 0 saturated carbocycles. The van der Waals surface area contributed by atoms with Crippen LogP contribution in [0.25, 0.3) is 11.1 Å². The third kappa shape index (κ3) is 6.98. The molecule has 5 rings (SSSR count). The summed E-state index contributed by atoms with van der Waals surface area (Å²) in [5.41, 5.74) is 12.5. The molecule has 3 aromatic rings. The quantitative estimate of drug-likeness (QED) is 0.144. The lowest BCUT2D eigenvalue weighted by molar-refractivity contribution is -0.118. The van der Waals surface area contributed by atoms with Gasteiger partial charge in [0, 0.05) is 37.8 Å². The molecule has 0 aliphatic carbocycles. The number of nitrogens with one attached hydrogen (secondary N) is 4. The van der Waals surface area contributed by atoms with Gasteiger partial charge in [-0.25, -0.2) is 9.82 Å². The molecule has 0 atom stereocenters. The fraction of sp³-hybridized carbons (Fsp3) is 0.394. The molecule has 2 heterocycles. The minimum absolute atomic E-state index is 0.0311. The fourth-order valence-electron chi connectivity index (χ4n) is 6.09. The van der Waals surface area contributed by atoms with Crippen LogP contribution in [-0.2, 0) is 11.3 Å². The Labute approximate surface area is 252 Å². The van der Waals surface area contributed by atoms with Gasteiger partial charge in [-0.2, -0.15) is 5.53 Å². The number of anilines is 1. The average Bonchev–Trinajstić information content (AvgIpc) is 3.33. The van der Waals surface area contributed by atoms with Crippen LogP contribution in [0, 0.1) is 16.6 Å². The number of amides is 1. The van der Waals surface area contributed by atoms with Crippen LogP contribution in [-0.4, -0.2) is 56.5 Å². The van der Waals surface area contributed by atoms with Crippen molar-refractivity contribution in [3.05, 3.63) is 77.6 Å². The summed E-state index contributed by atoms with van der Waals surface area (Å²) in [4.78, 5) is 17.5. The summed E-state index contributed by atoms with van der Waals surface area (Å²) in [6.07, 6.45) is 2.45. The van der Waals surface area contributed by atoms with E-state index in [9.17, 15) is 9.18 Å². The van der Waals surface area contributed by atoms with Gasteiger partial charge in [0.2, 0.25) is 5.91 Å². The summed E-state index contributed by atoms with van der Waals surface area (Å²) in [6, 6.07) is 18.1. The Morgan fingerprint density at radius 1 is 0.977 bits per heavy atom. The normalized spacial score (nSPS) is 16.5. The third-order valence-electron chi connectivity index (χ3n) is 8.28. The van der Waals surface area contributed by atoms with Crippen LogP contribution in [0.2, 0.25) is 0 Å². The Morgan fingerprint density at radius 2 is 1.60 bits per heavy atom. The van der Waals surface area contributed by atoms with Gasteiger partial charge < -0.3 is 14.4 Å². The van der Waals surface area contributed by atoms with Crippen molar-refractivity contribution in [2.75, 3.05) is 44.8 Å². The Kier molecular flexibility index (Phi) is 9.59. The van der Waals surface area contributed by atoms with E-state index in [0.717, 1.165) is 71.9 Å². The Morgan fingerprint density at radius 3 is 2.19 bits per heavy atom. The Bertz CT molecular complexity index is 1390. The number of carbonyl (C=O) groups is 1. The van der Waals surface area contributed by atoms with Gasteiger partial charge in [0.15, 0.2) is 0 Å². The average molecular weight is 589 g/mol. The summed E-state index contributed by atoms with van der Waals surface area (Å²) in [6.45, 7) is 8.19. The van der Waals surface area contributed by atoms with Crippen molar-refractivity contribution in [1.82, 2.24) is 21.3 Å². The van der Waals surface area contributed by atoms with E-state index in [4.69, 9.17) is 14.9 Å². The highest BCUT2D eigenvalue weighted by molar-refractivity contribution is 5.99. The van der Waals surface area contributed by atoms with Crippen LogP contribution >= 0.6 is 0 Å². The zero-order valence-electron chi connectivity index (χ0n) is 25.1. The second kappa shape index (κ2) is 13.5. The predicted molar refractivity (Wildman–Crippen MR) is 167 cm³/mol. The molecule has 4 N–H and O–H groups in total. The van der Waals surface area contributed by atoms with Crippen molar-refractivity contribution in [3.63, 3.8) is 0 Å². The molecule has 9 nitrogen and oxygen atoms in total. The summed E-state index contributed by atoms with van der Waals surface area (Å²) in [7, 11) is 1.72. The van der Waals surface area contributed by atoms with E-state index >= 15 is 0 Å². The molecule has 2 aliphatic rings. The minimum atomic E-state index is -0.281. The molecule has 10 heteroatoms. The number of amidine groups is 1. The molecule has 2 saturated heterocycles. The molecule has 43 heavy (non-hydrogen) atoms. The summed E-state index contributed by atoms with van der Waals surface area (Å²) >= 11 is 0. The van der Waals surface area contributed by atoms with E-state index in [1.165, 1.54) is 12.1 Å². The van der Waals surface area contributed by atoms with Gasteiger partial charge in [0.25, 0.3) is 0 Å². The molecule has 1 amide bonds. The number of likely N-dealkylation sites (tertiary alicyclic amines) is 1. The number of benzene rings is 3. The van der Waals surface area contributed by atoms with Crippen molar-refractivity contribution in [2.45, 2.75) is 39.7 Å². The summed E-state index contributed by atoms with van der Waals surface area (Å²) in [5, 5.41) is 8.10. The molecule has 1 spiro atoms. The second-order valence-electron chi connectivity index (χ2n) is 11.2. The maximum Gasteiger partial charge on any atom is 0.227 e. The van der Waals surface area contributed by atoms with E-state index in [1.807, 2.05) is 43.0 Å². The van der Waals surface area contributed by atoms with Gasteiger partial charge in [-0.3, -0.25) is 20.5 Å². The molecule has 3 aromatic carbocycles. The van der Waals surface area contributed by atoms with Crippen LogP contribution in [0.15, 0.2) is 60.7 Å². The van der Waals surface area contributed by atoms with Crippen molar-refractivity contribution >= 4 is 17.4 Å². The largest absolute Gasteiger partial charge is 0.493 e. The number of hydrogen-bond acceptors (Lipinski definition) is 7. The molecule has 0 aromatic heterocycles. The zero-order chi connectivity index (χ0) is 30.4. The van der Waals surface area contributed by atoms with E-state index in [-0.39, 0.29) is 23.0 Å². The summed E-state index contributed by atoms with van der Waals surface area (Å²) < 4.78 is 25.8. The van der Waals surface area contributed by atoms with E-state index in [2.05, 4.69) is 33.4 Å². The lowest BCUT2D eigenvalue weighted by atomic mass is 9.77. The molecule has 228 valence electrons. The third-order valence-corrected chi connectivity index (χ3v) is 8.28. The number of piperidine rings is 1. The number of hydrogen-bond donors (Lipinski definition) is 4. The highest BCUT2D eigenvalue weighted by atomic mass is 19.1. The van der Waals surface area contributed by atoms with Crippen molar-refractivity contribution in [2.24, 2.45) is 5.41 Å². The lowest BCUT2D eigenvalue weighted by Crippen LogP contribution is -2.44. The first-order chi connectivity index (χ1) is 20.8. The standard InChI is InChI=1S/C33H41FN6O3/c1-4-42-28-18-23(19-29(43-5-2)31(28)24-6-10-26(34)11-7-24)21-39-16-14-33(15-17-39)20-30(41)40(22-33)27-12-8-25(9-13-27)32(35)37-38-36-3/h6-13,18-19,36,38H,4-5,14-17,20-22H2,1-3H3,(H2,35,37). The topological polar surface area (TPSA) is 102 Å². The number of halogens is 1. The molecular formula is C33H41FN6O3. The maximum absolute atomic E-state index is 13.6. The highest BCUT2D eigenvalue weighted by Crippen LogP contribution is 2.44. The second-order valence-corrected chi connectivity index (χ2v) is 11.2. The lowest BCUT2D eigenvalue weighted by Gasteiger charge is -2.39. The van der Waals surface area contributed by atoms with E-state index < -0.39 is 0 Å². The van der Waals surface area contributed by atoms with Crippen molar-refractivity contribution in [1.29, 1.82) is 5.41 Å². The SMILES string of the molecule is CCOc1cc(CN2CCC3(CC2)CC(=O)N(c2ccc(C(=N)NNNC)cc2)C3)cc(OCC)c1-c1ccc(F)cc1. The highest BCUT2D eigenvalue weighted by Gasteiger charge is 2.45. The molecule has 2 fully saturated rings. The monoisotopic (exact) mass is 588 g/mol. The van der Waals surface area contributed by atoms with Crippen molar-refractivity contribution in [3.8, 4) is 22.6 Å². The predicted octanol–water partition coefficient (Wildman–Crippen LogP) is 4.86. The van der Waals surface area contributed by atoms with E-state index in [0.29, 0.717) is 26.2 Å². The minimum Gasteiger partial charge on any atom is -0.493 e. The first kappa shape index (κ1) is 30.5. The number of hydrazine groups is 2. The maximum atomic E-state index is 13.6. The van der Waals surface area contributed by atoms with Gasteiger partial charge >= 0.3 is 0 Å². The Balaban J connectivity index is 1.25.